The van der Waals surface area contributed by atoms with E-state index in [-0.39, 0.29) is 0 Å². The Morgan fingerprint density at radius 1 is 1.78 bits per heavy atom. The van der Waals surface area contributed by atoms with E-state index >= 15 is 0 Å². The van der Waals surface area contributed by atoms with Crippen molar-refractivity contribution >= 4 is 7.41 Å². The summed E-state index contributed by atoms with van der Waals surface area (Å²) in [6, 6.07) is 0. The Kier molecular flexibility index (Phi) is 2.55. The van der Waals surface area contributed by atoms with E-state index in [0.29, 0.717) is 6.23 Å². The third kappa shape index (κ3) is 1.46. The van der Waals surface area contributed by atoms with E-state index in [0.717, 1.165) is 6.32 Å². The maximum atomic E-state index is 5.15. The predicted molar refractivity (Wildman–Crippen MR) is 38.4 cm³/mol. The summed E-state index contributed by atoms with van der Waals surface area (Å²) in [7, 11) is 3.96. The van der Waals surface area contributed by atoms with Gasteiger partial charge in [-0.1, -0.05) is 0 Å². The van der Waals surface area contributed by atoms with E-state index < -0.39 is 0 Å². The molecule has 1 rings (SSSR count). The molecule has 52 valence electrons. The lowest BCUT2D eigenvalue weighted by Gasteiger charge is -2.51. The molecule has 1 saturated heterocycles. The lowest BCUT2D eigenvalue weighted by atomic mass is 9.83. The zero-order valence-corrected chi connectivity index (χ0v) is 6.13. The molecule has 1 aliphatic rings. The smallest absolute Gasteiger partial charge is 0.0712 e. The summed E-state index contributed by atoms with van der Waals surface area (Å²) >= 11 is 0. The monoisotopic (exact) mass is 126 g/mol. The van der Waals surface area contributed by atoms with E-state index in [1.54, 1.807) is 7.11 Å². The van der Waals surface area contributed by atoms with Crippen molar-refractivity contribution < 1.29 is 4.74 Å². The van der Waals surface area contributed by atoms with E-state index in [9.17, 15) is 0 Å². The number of nitrogens with zero attached hydrogens (tertiary/aromatic N) is 1. The van der Waals surface area contributed by atoms with Gasteiger partial charge >= 0.3 is 0 Å². The van der Waals surface area contributed by atoms with Gasteiger partial charge in [-0.05, 0) is 13.0 Å². The summed E-state index contributed by atoms with van der Waals surface area (Å²) in [6.07, 6.45) is 2.68. The average molecular weight is 126 g/mol. The summed E-state index contributed by atoms with van der Waals surface area (Å²) in [5.74, 6) is 0. The maximum Gasteiger partial charge on any atom is 0.0712 e. The number of hydrogen-bond acceptors (Lipinski definition) is 2. The van der Waals surface area contributed by atoms with Crippen LogP contribution in [-0.2, 0) is 4.74 Å². The van der Waals surface area contributed by atoms with Gasteiger partial charge < -0.3 is 9.55 Å². The van der Waals surface area contributed by atoms with Crippen LogP contribution in [0.3, 0.4) is 0 Å². The zero-order valence-electron chi connectivity index (χ0n) is 6.13. The summed E-state index contributed by atoms with van der Waals surface area (Å²) in [5, 5.41) is 0. The Morgan fingerprint density at radius 2 is 2.56 bits per heavy atom. The highest BCUT2D eigenvalue weighted by Crippen LogP contribution is 2.15. The highest BCUT2D eigenvalue weighted by atomic mass is 16.5. The second-order valence-corrected chi connectivity index (χ2v) is 2.31. The standard InChI is InChI=1S/C6H13BNO/c1-3-7-8-5-4-6(8)9-2/h6H,3-5H2,1-2H3/q-1. The fraction of sp³-hybridized carbons (Fsp3) is 1.00. The molecular formula is C6H13BNO-. The zero-order chi connectivity index (χ0) is 6.69. The fourth-order valence-corrected chi connectivity index (χ4v) is 1.08. The summed E-state index contributed by atoms with van der Waals surface area (Å²) < 4.78 is 5.15. The van der Waals surface area contributed by atoms with Gasteiger partial charge in [0, 0.05) is 7.11 Å². The van der Waals surface area contributed by atoms with Crippen molar-refractivity contribution in [2.75, 3.05) is 13.7 Å². The van der Waals surface area contributed by atoms with Crippen LogP contribution in [0.25, 0.3) is 0 Å². The molecule has 1 unspecified atom stereocenters. The largest absolute Gasteiger partial charge is 0.519 e. The summed E-state index contributed by atoms with van der Waals surface area (Å²) in [6.45, 7) is 3.32. The topological polar surface area (TPSA) is 12.5 Å². The van der Waals surface area contributed by atoms with Crippen LogP contribution >= 0.6 is 0 Å². The molecule has 1 atom stereocenters. The minimum Gasteiger partial charge on any atom is -0.519 e. The number of hydrogen-bond donors (Lipinski definition) is 0. The first-order chi connectivity index (χ1) is 4.38. The summed E-state index contributed by atoms with van der Waals surface area (Å²) in [4.78, 5) is 2.24. The molecule has 0 saturated carbocycles. The molecule has 0 aliphatic carbocycles. The van der Waals surface area contributed by atoms with Crippen molar-refractivity contribution in [2.24, 2.45) is 0 Å². The van der Waals surface area contributed by atoms with Gasteiger partial charge in [-0.2, -0.15) is 0 Å². The third-order valence-electron chi connectivity index (χ3n) is 1.69. The van der Waals surface area contributed by atoms with Crippen molar-refractivity contribution in [3.05, 3.63) is 0 Å². The lowest BCUT2D eigenvalue weighted by molar-refractivity contribution is -0.0508. The molecule has 0 amide bonds. The van der Waals surface area contributed by atoms with Gasteiger partial charge in [-0.25, -0.2) is 13.7 Å². The first-order valence-electron chi connectivity index (χ1n) is 3.50. The molecule has 0 N–H and O–H groups in total. The molecule has 1 aliphatic heterocycles. The van der Waals surface area contributed by atoms with Gasteiger partial charge in [0.05, 0.1) is 6.23 Å². The van der Waals surface area contributed by atoms with E-state index in [1.165, 1.54) is 13.0 Å². The van der Waals surface area contributed by atoms with Crippen LogP contribution in [-0.4, -0.2) is 32.1 Å². The van der Waals surface area contributed by atoms with E-state index in [1.807, 2.05) is 0 Å². The van der Waals surface area contributed by atoms with Crippen molar-refractivity contribution in [1.29, 1.82) is 0 Å². The Morgan fingerprint density at radius 3 is 2.89 bits per heavy atom. The average Bonchev–Trinajstić information content (AvgIpc) is 1.82. The quantitative estimate of drug-likeness (QED) is 0.516. The van der Waals surface area contributed by atoms with E-state index in [2.05, 4.69) is 19.1 Å². The van der Waals surface area contributed by atoms with Crippen LogP contribution in [0.1, 0.15) is 13.3 Å². The summed E-state index contributed by atoms with van der Waals surface area (Å²) in [5.41, 5.74) is 0. The van der Waals surface area contributed by atoms with Crippen LogP contribution < -0.4 is 0 Å². The Balaban J connectivity index is 2.11. The molecule has 0 aromatic rings. The molecule has 1 heterocycles. The molecule has 0 bridgehead atoms. The van der Waals surface area contributed by atoms with Crippen molar-refractivity contribution in [3.8, 4) is 0 Å². The second kappa shape index (κ2) is 3.23. The lowest BCUT2D eigenvalue weighted by Crippen LogP contribution is -2.50. The fourth-order valence-electron chi connectivity index (χ4n) is 1.08. The van der Waals surface area contributed by atoms with Crippen LogP contribution in [0.5, 0.6) is 0 Å². The number of ether oxygens (including phenoxy) is 1. The van der Waals surface area contributed by atoms with Gasteiger partial charge in [0.15, 0.2) is 0 Å². The van der Waals surface area contributed by atoms with Gasteiger partial charge in [-0.15, -0.1) is 6.92 Å². The van der Waals surface area contributed by atoms with Crippen molar-refractivity contribution in [1.82, 2.24) is 4.81 Å². The SMILES string of the molecule is CC[B-]N1CCC1OC. The third-order valence-corrected chi connectivity index (χ3v) is 1.69. The van der Waals surface area contributed by atoms with Crippen molar-refractivity contribution in [2.45, 2.75) is 25.9 Å². The van der Waals surface area contributed by atoms with Gasteiger partial charge in [0.1, 0.15) is 0 Å². The van der Waals surface area contributed by atoms with Crippen LogP contribution in [0.4, 0.5) is 0 Å². The molecule has 2 radical (unpaired) electrons. The van der Waals surface area contributed by atoms with E-state index in [4.69, 9.17) is 4.74 Å². The molecule has 0 aromatic heterocycles. The Hall–Kier alpha value is -0.0151. The second-order valence-electron chi connectivity index (χ2n) is 2.31. The Labute approximate surface area is 57.4 Å². The molecule has 2 nitrogen and oxygen atoms in total. The highest BCUT2D eigenvalue weighted by molar-refractivity contribution is 6.32. The minimum atomic E-state index is 0.380. The van der Waals surface area contributed by atoms with Gasteiger partial charge in [0.25, 0.3) is 0 Å². The maximum absolute atomic E-state index is 5.15. The Bertz CT molecular complexity index is 87.1. The first-order valence-corrected chi connectivity index (χ1v) is 3.50. The molecule has 1 fully saturated rings. The van der Waals surface area contributed by atoms with Gasteiger partial charge in [0.2, 0.25) is 0 Å². The van der Waals surface area contributed by atoms with Crippen molar-refractivity contribution in [3.63, 3.8) is 0 Å². The molecule has 9 heavy (non-hydrogen) atoms. The molecular weight excluding hydrogens is 113 g/mol. The number of rotatable bonds is 3. The molecule has 0 spiro atoms. The van der Waals surface area contributed by atoms with Crippen LogP contribution in [0, 0.1) is 0 Å². The normalized spacial score (nSPS) is 28.0. The number of methoxy groups -OCH3 is 1. The highest BCUT2D eigenvalue weighted by Gasteiger charge is 2.16. The van der Waals surface area contributed by atoms with Gasteiger partial charge in [-0.3, -0.25) is 0 Å². The van der Waals surface area contributed by atoms with Crippen LogP contribution in [0.2, 0.25) is 6.32 Å². The minimum absolute atomic E-state index is 0.380. The predicted octanol–water partition coefficient (Wildman–Crippen LogP) is 0.722. The van der Waals surface area contributed by atoms with Crippen LogP contribution in [0.15, 0.2) is 0 Å². The first kappa shape index (κ1) is 7.10. The molecule has 3 heteroatoms. The molecule has 0 aromatic carbocycles.